The highest BCUT2D eigenvalue weighted by molar-refractivity contribution is 5.86. The second-order valence-electron chi connectivity index (χ2n) is 4.20. The Balaban J connectivity index is 4.26. The summed E-state index contributed by atoms with van der Waals surface area (Å²) in [7, 11) is 2.83. The Bertz CT molecular complexity index is 347. The Kier molecular flexibility index (Phi) is 8.25. The van der Waals surface area contributed by atoms with Crippen LogP contribution in [0.2, 0.25) is 0 Å². The lowest BCUT2D eigenvalue weighted by molar-refractivity contribution is -0.141. The molecular weight excluding hydrogens is 270 g/mol. The summed E-state index contributed by atoms with van der Waals surface area (Å²) in [4.78, 5) is 34.9. The van der Waals surface area contributed by atoms with E-state index in [1.807, 2.05) is 0 Å². The van der Waals surface area contributed by atoms with Gasteiger partial charge in [0.15, 0.2) is 6.04 Å². The molecular formula is C11H21N3O6. The number of nitrogens with one attached hydrogen (secondary N) is 2. The zero-order valence-corrected chi connectivity index (χ0v) is 11.8. The van der Waals surface area contributed by atoms with E-state index < -0.39 is 30.1 Å². The van der Waals surface area contributed by atoms with Gasteiger partial charge in [-0.25, -0.2) is 9.59 Å². The largest absolute Gasteiger partial charge is 0.480 e. The number of amides is 3. The number of methoxy groups -OCH3 is 1. The molecule has 0 aromatic rings. The van der Waals surface area contributed by atoms with Gasteiger partial charge in [-0.15, -0.1) is 0 Å². The monoisotopic (exact) mass is 291 g/mol. The molecule has 0 aromatic carbocycles. The molecule has 0 aromatic heterocycles. The Morgan fingerprint density at radius 3 is 2.40 bits per heavy atom. The molecule has 0 unspecified atom stereocenters. The summed E-state index contributed by atoms with van der Waals surface area (Å²) in [6.07, 6.45) is -1.25. The molecule has 0 saturated carbocycles. The first kappa shape index (κ1) is 18.1. The highest BCUT2D eigenvalue weighted by Crippen LogP contribution is 1.95. The number of carbonyl (C=O) groups is 3. The number of carboxylic acid groups (broad SMARTS) is 1. The zero-order valence-electron chi connectivity index (χ0n) is 11.8. The van der Waals surface area contributed by atoms with Crippen LogP contribution < -0.4 is 10.6 Å². The van der Waals surface area contributed by atoms with Crippen LogP contribution >= 0.6 is 0 Å². The van der Waals surface area contributed by atoms with E-state index in [4.69, 9.17) is 9.84 Å². The van der Waals surface area contributed by atoms with E-state index in [1.54, 1.807) is 0 Å². The topological polar surface area (TPSA) is 128 Å². The number of nitrogens with zero attached hydrogens (tertiary/aromatic N) is 1. The van der Waals surface area contributed by atoms with Gasteiger partial charge in [0.1, 0.15) is 6.54 Å². The molecule has 3 amide bonds. The number of aliphatic hydroxyl groups excluding tert-OH is 1. The minimum Gasteiger partial charge on any atom is -0.480 e. The molecule has 116 valence electrons. The summed E-state index contributed by atoms with van der Waals surface area (Å²) in [6, 6.07) is -2.19. The molecule has 9 nitrogen and oxygen atoms in total. The maximum atomic E-state index is 11.7. The van der Waals surface area contributed by atoms with Crippen molar-refractivity contribution in [2.24, 2.45) is 0 Å². The van der Waals surface area contributed by atoms with Gasteiger partial charge in [-0.2, -0.15) is 0 Å². The smallest absolute Gasteiger partial charge is 0.328 e. The van der Waals surface area contributed by atoms with Crippen LogP contribution in [0, 0.1) is 0 Å². The first-order valence-corrected chi connectivity index (χ1v) is 5.97. The summed E-state index contributed by atoms with van der Waals surface area (Å²) < 4.78 is 4.75. The Morgan fingerprint density at radius 2 is 1.95 bits per heavy atom. The van der Waals surface area contributed by atoms with Crippen LogP contribution in [0.15, 0.2) is 0 Å². The molecule has 0 bridgehead atoms. The third-order valence-corrected chi connectivity index (χ3v) is 2.38. The minimum absolute atomic E-state index is 0.234. The average molecular weight is 291 g/mol. The first-order valence-electron chi connectivity index (χ1n) is 5.97. The zero-order chi connectivity index (χ0) is 15.7. The third-order valence-electron chi connectivity index (χ3n) is 2.38. The van der Waals surface area contributed by atoms with Crippen LogP contribution in [0.4, 0.5) is 4.79 Å². The number of rotatable bonds is 8. The number of likely N-dealkylation sites (N-methyl/N-ethyl adjacent to an activating group) is 1. The number of aliphatic carboxylic acids is 1. The van der Waals surface area contributed by atoms with Gasteiger partial charge in [0.2, 0.25) is 5.91 Å². The van der Waals surface area contributed by atoms with Crippen molar-refractivity contribution < 1.29 is 29.3 Å². The summed E-state index contributed by atoms with van der Waals surface area (Å²) >= 11 is 0. The fraction of sp³-hybridized carbons (Fsp3) is 0.727. The number of aliphatic hydroxyl groups is 1. The van der Waals surface area contributed by atoms with Crippen molar-refractivity contribution in [3.8, 4) is 0 Å². The summed E-state index contributed by atoms with van der Waals surface area (Å²) in [5.74, 6) is -1.75. The first-order chi connectivity index (χ1) is 9.29. The highest BCUT2D eigenvalue weighted by Gasteiger charge is 2.26. The Labute approximate surface area is 116 Å². The van der Waals surface area contributed by atoms with Crippen molar-refractivity contribution in [1.29, 1.82) is 0 Å². The molecule has 0 aliphatic heterocycles. The number of hydrogen-bond donors (Lipinski definition) is 4. The SMILES string of the molecule is COCCNC(=O)CN(C)C(=O)N[C@H](C(=O)O)[C@@H](C)O. The van der Waals surface area contributed by atoms with E-state index in [0.29, 0.717) is 13.2 Å². The Hall–Kier alpha value is -1.87. The van der Waals surface area contributed by atoms with Gasteiger partial charge in [0.25, 0.3) is 0 Å². The van der Waals surface area contributed by atoms with E-state index >= 15 is 0 Å². The van der Waals surface area contributed by atoms with Crippen LogP contribution in [-0.4, -0.2) is 79.0 Å². The molecule has 0 aliphatic carbocycles. The van der Waals surface area contributed by atoms with E-state index in [9.17, 15) is 19.5 Å². The van der Waals surface area contributed by atoms with Gasteiger partial charge in [-0.05, 0) is 6.92 Å². The van der Waals surface area contributed by atoms with Gasteiger partial charge in [0, 0.05) is 20.7 Å². The fourth-order valence-electron chi connectivity index (χ4n) is 1.27. The normalized spacial score (nSPS) is 13.2. The lowest BCUT2D eigenvalue weighted by Gasteiger charge is -2.22. The standard InChI is InChI=1S/C11H21N3O6/c1-7(15)9(10(17)18)13-11(19)14(2)6-8(16)12-4-5-20-3/h7,9,15H,4-6H2,1-3H3,(H,12,16)(H,13,19)(H,17,18)/t7-,9+/m1/s1. The van der Waals surface area contributed by atoms with Gasteiger partial charge in [0.05, 0.1) is 12.7 Å². The van der Waals surface area contributed by atoms with Gasteiger partial charge >= 0.3 is 12.0 Å². The van der Waals surface area contributed by atoms with Crippen molar-refractivity contribution in [1.82, 2.24) is 15.5 Å². The minimum atomic E-state index is -1.43. The summed E-state index contributed by atoms with van der Waals surface area (Å²) in [5.41, 5.74) is 0. The van der Waals surface area contributed by atoms with Gasteiger partial charge in [-0.3, -0.25) is 4.79 Å². The maximum absolute atomic E-state index is 11.7. The molecule has 0 fully saturated rings. The molecule has 0 heterocycles. The fourth-order valence-corrected chi connectivity index (χ4v) is 1.27. The molecule has 20 heavy (non-hydrogen) atoms. The van der Waals surface area contributed by atoms with Gasteiger partial charge in [-0.1, -0.05) is 0 Å². The van der Waals surface area contributed by atoms with Crippen LogP contribution in [0.5, 0.6) is 0 Å². The second-order valence-corrected chi connectivity index (χ2v) is 4.20. The molecule has 0 spiro atoms. The molecule has 0 aliphatic rings. The van der Waals surface area contributed by atoms with Crippen LogP contribution in [-0.2, 0) is 14.3 Å². The van der Waals surface area contributed by atoms with E-state index in [1.165, 1.54) is 21.1 Å². The molecule has 2 atom stereocenters. The van der Waals surface area contributed by atoms with Crippen molar-refractivity contribution in [3.05, 3.63) is 0 Å². The molecule has 0 radical (unpaired) electrons. The van der Waals surface area contributed by atoms with Crippen molar-refractivity contribution >= 4 is 17.9 Å². The summed E-state index contributed by atoms with van der Waals surface area (Å²) in [6.45, 7) is 1.68. The lowest BCUT2D eigenvalue weighted by Crippen LogP contribution is -2.53. The highest BCUT2D eigenvalue weighted by atomic mass is 16.5. The number of carboxylic acids is 1. The third kappa shape index (κ3) is 6.90. The van der Waals surface area contributed by atoms with E-state index in [-0.39, 0.29) is 6.54 Å². The van der Waals surface area contributed by atoms with Gasteiger partial charge < -0.3 is 30.5 Å². The molecule has 4 N–H and O–H groups in total. The van der Waals surface area contributed by atoms with Crippen LogP contribution in [0.1, 0.15) is 6.92 Å². The lowest BCUT2D eigenvalue weighted by atomic mass is 10.2. The number of hydrogen-bond acceptors (Lipinski definition) is 5. The average Bonchev–Trinajstić information content (AvgIpc) is 2.34. The molecule has 9 heteroatoms. The Morgan fingerprint density at radius 1 is 1.35 bits per heavy atom. The summed E-state index contributed by atoms with van der Waals surface area (Å²) in [5, 5.41) is 22.7. The van der Waals surface area contributed by atoms with Crippen molar-refractivity contribution in [3.63, 3.8) is 0 Å². The number of urea groups is 1. The quantitative estimate of drug-likeness (QED) is 0.392. The number of ether oxygens (including phenoxy) is 1. The number of carbonyl (C=O) groups excluding carboxylic acids is 2. The predicted molar refractivity (Wildman–Crippen MR) is 69.2 cm³/mol. The van der Waals surface area contributed by atoms with Crippen LogP contribution in [0.25, 0.3) is 0 Å². The van der Waals surface area contributed by atoms with Crippen molar-refractivity contribution in [2.45, 2.75) is 19.1 Å². The molecule has 0 saturated heterocycles. The van der Waals surface area contributed by atoms with Crippen molar-refractivity contribution in [2.75, 3.05) is 33.9 Å². The molecule has 0 rings (SSSR count). The van der Waals surface area contributed by atoms with Crippen LogP contribution in [0.3, 0.4) is 0 Å². The van der Waals surface area contributed by atoms with E-state index in [2.05, 4.69) is 10.6 Å². The second kappa shape index (κ2) is 9.10. The predicted octanol–water partition coefficient (Wildman–Crippen LogP) is -1.78. The maximum Gasteiger partial charge on any atom is 0.328 e. The van der Waals surface area contributed by atoms with E-state index in [0.717, 1.165) is 4.90 Å².